The van der Waals surface area contributed by atoms with Crippen molar-refractivity contribution in [2.45, 2.75) is 39.7 Å². The predicted octanol–water partition coefficient (Wildman–Crippen LogP) is 1.92. The number of tetrazole rings is 1. The minimum atomic E-state index is -0.147. The van der Waals surface area contributed by atoms with Crippen molar-refractivity contribution in [2.24, 2.45) is 0 Å². The van der Waals surface area contributed by atoms with Gasteiger partial charge in [-0.05, 0) is 30.9 Å². The lowest BCUT2D eigenvalue weighted by atomic mass is 9.98. The molecule has 2 rings (SSSR count). The van der Waals surface area contributed by atoms with E-state index in [0.717, 1.165) is 16.8 Å². The van der Waals surface area contributed by atoms with Gasteiger partial charge < -0.3 is 5.32 Å². The number of aromatic nitrogens is 4. The van der Waals surface area contributed by atoms with Gasteiger partial charge in [-0.2, -0.15) is 5.21 Å². The number of aromatic amines is 1. The Labute approximate surface area is 129 Å². The molecule has 2 aromatic rings. The Morgan fingerprint density at radius 1 is 1.32 bits per heavy atom. The average molecular weight is 302 g/mol. The van der Waals surface area contributed by atoms with Gasteiger partial charge in [0.1, 0.15) is 0 Å². The SMILES string of the molecule is Cc1cccc(C(C)C)c1NC(=O)CN[C@H](C)c1nn[nH]n1. The maximum Gasteiger partial charge on any atom is 0.238 e. The topological polar surface area (TPSA) is 95.6 Å². The number of amides is 1. The van der Waals surface area contributed by atoms with Gasteiger partial charge in [-0.15, -0.1) is 10.2 Å². The molecule has 0 saturated carbocycles. The van der Waals surface area contributed by atoms with Crippen molar-refractivity contribution in [1.82, 2.24) is 25.9 Å². The monoisotopic (exact) mass is 302 g/mol. The fourth-order valence-electron chi connectivity index (χ4n) is 2.22. The van der Waals surface area contributed by atoms with Crippen LogP contribution in [0.5, 0.6) is 0 Å². The molecule has 1 heterocycles. The van der Waals surface area contributed by atoms with E-state index in [1.165, 1.54) is 0 Å². The van der Waals surface area contributed by atoms with Crippen LogP contribution in [0.25, 0.3) is 0 Å². The number of carbonyl (C=O) groups excluding carboxylic acids is 1. The molecule has 0 radical (unpaired) electrons. The molecular formula is C15H22N6O. The quantitative estimate of drug-likeness (QED) is 0.757. The second-order valence-corrected chi connectivity index (χ2v) is 5.61. The standard InChI is InChI=1S/C15H22N6O/c1-9(2)12-7-5-6-10(3)14(12)17-13(22)8-16-11(4)15-18-20-21-19-15/h5-7,9,11,16H,8H2,1-4H3,(H,17,22)(H,18,19,20,21)/t11-/m1/s1. The molecular weight excluding hydrogens is 280 g/mol. The lowest BCUT2D eigenvalue weighted by Crippen LogP contribution is -2.31. The Morgan fingerprint density at radius 2 is 2.09 bits per heavy atom. The molecule has 7 nitrogen and oxygen atoms in total. The van der Waals surface area contributed by atoms with Gasteiger partial charge in [-0.25, -0.2) is 0 Å². The highest BCUT2D eigenvalue weighted by Gasteiger charge is 2.14. The molecule has 3 N–H and O–H groups in total. The molecule has 0 aliphatic rings. The number of aryl methyl sites for hydroxylation is 1. The van der Waals surface area contributed by atoms with Crippen molar-refractivity contribution in [1.29, 1.82) is 0 Å². The highest BCUT2D eigenvalue weighted by Crippen LogP contribution is 2.27. The van der Waals surface area contributed by atoms with Gasteiger partial charge in [0.2, 0.25) is 5.91 Å². The molecule has 0 aliphatic carbocycles. The zero-order valence-corrected chi connectivity index (χ0v) is 13.3. The molecule has 1 aromatic carbocycles. The minimum Gasteiger partial charge on any atom is -0.324 e. The largest absolute Gasteiger partial charge is 0.324 e. The predicted molar refractivity (Wildman–Crippen MR) is 84.5 cm³/mol. The van der Waals surface area contributed by atoms with Crippen LogP contribution in [-0.2, 0) is 4.79 Å². The number of hydrogen-bond acceptors (Lipinski definition) is 5. The van der Waals surface area contributed by atoms with Crippen LogP contribution >= 0.6 is 0 Å². The summed E-state index contributed by atoms with van der Waals surface area (Å²) in [5, 5.41) is 19.7. The molecule has 0 aliphatic heterocycles. The van der Waals surface area contributed by atoms with Gasteiger partial charge in [-0.3, -0.25) is 10.1 Å². The summed E-state index contributed by atoms with van der Waals surface area (Å²) in [7, 11) is 0. The van der Waals surface area contributed by atoms with E-state index >= 15 is 0 Å². The molecule has 0 saturated heterocycles. The molecule has 0 spiro atoms. The van der Waals surface area contributed by atoms with E-state index in [1.807, 2.05) is 32.0 Å². The van der Waals surface area contributed by atoms with Crippen molar-refractivity contribution in [3.63, 3.8) is 0 Å². The van der Waals surface area contributed by atoms with E-state index in [0.29, 0.717) is 11.7 Å². The van der Waals surface area contributed by atoms with Crippen molar-refractivity contribution < 1.29 is 4.79 Å². The van der Waals surface area contributed by atoms with Crippen LogP contribution in [0.2, 0.25) is 0 Å². The summed E-state index contributed by atoms with van der Waals surface area (Å²) in [5.41, 5.74) is 3.10. The number of nitrogens with zero attached hydrogens (tertiary/aromatic N) is 3. The first-order valence-corrected chi connectivity index (χ1v) is 7.35. The minimum absolute atomic E-state index is 0.0912. The van der Waals surface area contributed by atoms with E-state index in [4.69, 9.17) is 0 Å². The van der Waals surface area contributed by atoms with Gasteiger partial charge in [-0.1, -0.05) is 37.3 Å². The Hall–Kier alpha value is -2.28. The number of nitrogens with one attached hydrogen (secondary N) is 3. The van der Waals surface area contributed by atoms with Crippen LogP contribution < -0.4 is 10.6 Å². The number of hydrogen-bond donors (Lipinski definition) is 3. The summed E-state index contributed by atoms with van der Waals surface area (Å²) >= 11 is 0. The first-order valence-electron chi connectivity index (χ1n) is 7.35. The molecule has 118 valence electrons. The van der Waals surface area contributed by atoms with Crippen molar-refractivity contribution in [3.8, 4) is 0 Å². The van der Waals surface area contributed by atoms with Crippen LogP contribution in [-0.4, -0.2) is 33.1 Å². The Balaban J connectivity index is 1.98. The second-order valence-electron chi connectivity index (χ2n) is 5.61. The number of rotatable bonds is 6. The zero-order valence-electron chi connectivity index (χ0n) is 13.3. The maximum atomic E-state index is 12.2. The van der Waals surface area contributed by atoms with Crippen molar-refractivity contribution in [3.05, 3.63) is 35.2 Å². The molecule has 1 atom stereocenters. The van der Waals surface area contributed by atoms with Gasteiger partial charge in [0.25, 0.3) is 0 Å². The maximum absolute atomic E-state index is 12.2. The third-order valence-electron chi connectivity index (χ3n) is 3.51. The number of benzene rings is 1. The van der Waals surface area contributed by atoms with Gasteiger partial charge in [0.05, 0.1) is 12.6 Å². The first kappa shape index (κ1) is 16.1. The van der Waals surface area contributed by atoms with Crippen molar-refractivity contribution >= 4 is 11.6 Å². The summed E-state index contributed by atoms with van der Waals surface area (Å²) in [4.78, 5) is 12.2. The van der Waals surface area contributed by atoms with Gasteiger partial charge in [0.15, 0.2) is 5.82 Å². The molecule has 0 bridgehead atoms. The number of carbonyl (C=O) groups is 1. The van der Waals surface area contributed by atoms with E-state index in [1.54, 1.807) is 0 Å². The van der Waals surface area contributed by atoms with Crippen LogP contribution in [0.4, 0.5) is 5.69 Å². The smallest absolute Gasteiger partial charge is 0.238 e. The third-order valence-corrected chi connectivity index (χ3v) is 3.51. The van der Waals surface area contributed by atoms with Crippen LogP contribution in [0.3, 0.4) is 0 Å². The highest BCUT2D eigenvalue weighted by atomic mass is 16.1. The Kier molecular flexibility index (Phi) is 5.21. The number of H-pyrrole nitrogens is 1. The van der Waals surface area contributed by atoms with Crippen LogP contribution in [0, 0.1) is 6.92 Å². The highest BCUT2D eigenvalue weighted by molar-refractivity contribution is 5.93. The molecule has 1 amide bonds. The molecule has 7 heteroatoms. The Morgan fingerprint density at radius 3 is 2.73 bits per heavy atom. The molecule has 0 fully saturated rings. The Bertz CT molecular complexity index is 623. The van der Waals surface area contributed by atoms with Crippen molar-refractivity contribution in [2.75, 3.05) is 11.9 Å². The summed E-state index contributed by atoms with van der Waals surface area (Å²) in [6.45, 7) is 8.28. The lowest BCUT2D eigenvalue weighted by Gasteiger charge is -2.17. The van der Waals surface area contributed by atoms with Gasteiger partial charge >= 0.3 is 0 Å². The van der Waals surface area contributed by atoms with E-state index < -0.39 is 0 Å². The fourth-order valence-corrected chi connectivity index (χ4v) is 2.22. The first-order chi connectivity index (χ1) is 10.5. The summed E-state index contributed by atoms with van der Waals surface area (Å²) < 4.78 is 0. The van der Waals surface area contributed by atoms with Crippen LogP contribution in [0.15, 0.2) is 18.2 Å². The number of anilines is 1. The average Bonchev–Trinajstić information content (AvgIpc) is 3.01. The van der Waals surface area contributed by atoms with Crippen LogP contribution in [0.1, 0.15) is 49.7 Å². The third kappa shape index (κ3) is 3.88. The van der Waals surface area contributed by atoms with E-state index in [-0.39, 0.29) is 18.5 Å². The van der Waals surface area contributed by atoms with Gasteiger partial charge in [0, 0.05) is 5.69 Å². The molecule has 1 aromatic heterocycles. The van der Waals surface area contributed by atoms with E-state index in [9.17, 15) is 4.79 Å². The second kappa shape index (κ2) is 7.13. The zero-order chi connectivity index (χ0) is 16.1. The summed E-state index contributed by atoms with van der Waals surface area (Å²) in [6, 6.07) is 5.90. The normalized spacial score (nSPS) is 12.4. The number of para-hydroxylation sites is 1. The lowest BCUT2D eigenvalue weighted by molar-refractivity contribution is -0.115. The molecule has 0 unspecified atom stereocenters. The summed E-state index contributed by atoms with van der Waals surface area (Å²) in [6.07, 6.45) is 0. The molecule has 22 heavy (non-hydrogen) atoms. The fraction of sp³-hybridized carbons (Fsp3) is 0.467. The van der Waals surface area contributed by atoms with E-state index in [2.05, 4.69) is 45.1 Å². The summed E-state index contributed by atoms with van der Waals surface area (Å²) in [5.74, 6) is 0.791.